The maximum atomic E-state index is 13.6. The molecule has 15 heavy (non-hydrogen) atoms. The summed E-state index contributed by atoms with van der Waals surface area (Å²) >= 11 is 0. The van der Waals surface area contributed by atoms with Crippen LogP contribution in [0, 0.1) is 24.4 Å². The number of rotatable bonds is 3. The SMILES string of the molecule is [CH2]c1c(F)c(F)c(COC)c(F)c1CC. The van der Waals surface area contributed by atoms with Crippen LogP contribution in [0.2, 0.25) is 0 Å². The van der Waals surface area contributed by atoms with Crippen LogP contribution in [0.1, 0.15) is 23.6 Å². The molecule has 0 fully saturated rings. The summed E-state index contributed by atoms with van der Waals surface area (Å²) in [6.07, 6.45) is 0.262. The van der Waals surface area contributed by atoms with Gasteiger partial charge in [0.1, 0.15) is 5.82 Å². The second-order valence-electron chi connectivity index (χ2n) is 3.16. The summed E-state index contributed by atoms with van der Waals surface area (Å²) in [5.74, 6) is -3.07. The molecule has 0 atom stereocenters. The van der Waals surface area contributed by atoms with E-state index in [0.29, 0.717) is 0 Å². The van der Waals surface area contributed by atoms with Gasteiger partial charge in [-0.05, 0) is 24.5 Å². The molecule has 0 aliphatic rings. The molecule has 0 unspecified atom stereocenters. The lowest BCUT2D eigenvalue weighted by Gasteiger charge is -2.12. The van der Waals surface area contributed by atoms with Crippen LogP contribution in [0.3, 0.4) is 0 Å². The fourth-order valence-corrected chi connectivity index (χ4v) is 1.45. The predicted molar refractivity (Wildman–Crippen MR) is 50.9 cm³/mol. The Bertz CT molecular complexity index is 375. The van der Waals surface area contributed by atoms with Gasteiger partial charge in [0.05, 0.1) is 12.2 Å². The first kappa shape index (κ1) is 12.0. The van der Waals surface area contributed by atoms with E-state index in [0.717, 1.165) is 0 Å². The van der Waals surface area contributed by atoms with Crippen LogP contribution in [0.15, 0.2) is 0 Å². The number of ether oxygens (including phenoxy) is 1. The maximum Gasteiger partial charge on any atom is 0.167 e. The molecule has 0 amide bonds. The molecule has 4 heteroatoms. The lowest BCUT2D eigenvalue weighted by Crippen LogP contribution is -2.08. The van der Waals surface area contributed by atoms with Crippen molar-refractivity contribution in [1.29, 1.82) is 0 Å². The molecule has 0 spiro atoms. The summed E-state index contributed by atoms with van der Waals surface area (Å²) in [6.45, 7) is 4.68. The molecule has 0 aliphatic carbocycles. The van der Waals surface area contributed by atoms with Crippen molar-refractivity contribution in [2.24, 2.45) is 0 Å². The fraction of sp³-hybridized carbons (Fsp3) is 0.364. The lowest BCUT2D eigenvalue weighted by molar-refractivity contribution is 0.176. The molecule has 0 heterocycles. The Morgan fingerprint density at radius 1 is 1.07 bits per heavy atom. The first-order valence-corrected chi connectivity index (χ1v) is 4.53. The van der Waals surface area contributed by atoms with Gasteiger partial charge in [0.25, 0.3) is 0 Å². The second-order valence-corrected chi connectivity index (χ2v) is 3.16. The normalized spacial score (nSPS) is 10.8. The van der Waals surface area contributed by atoms with E-state index in [-0.39, 0.29) is 29.7 Å². The Hall–Kier alpha value is -1.03. The summed E-state index contributed by atoms with van der Waals surface area (Å²) in [5, 5.41) is 0. The molecule has 0 saturated heterocycles. The van der Waals surface area contributed by atoms with Crippen LogP contribution in [0.5, 0.6) is 0 Å². The summed E-state index contributed by atoms with van der Waals surface area (Å²) in [6, 6.07) is 0. The van der Waals surface area contributed by atoms with Crippen LogP contribution in [0.4, 0.5) is 13.2 Å². The highest BCUT2D eigenvalue weighted by atomic mass is 19.2. The molecule has 1 aromatic carbocycles. The molecule has 1 aromatic rings. The van der Waals surface area contributed by atoms with Gasteiger partial charge in [-0.3, -0.25) is 0 Å². The number of hydrogen-bond acceptors (Lipinski definition) is 1. The number of benzene rings is 1. The van der Waals surface area contributed by atoms with Crippen molar-refractivity contribution in [3.8, 4) is 0 Å². The van der Waals surface area contributed by atoms with Crippen LogP contribution in [-0.2, 0) is 17.8 Å². The Kier molecular flexibility index (Phi) is 3.74. The van der Waals surface area contributed by atoms with E-state index in [1.165, 1.54) is 7.11 Å². The van der Waals surface area contributed by atoms with Crippen molar-refractivity contribution >= 4 is 0 Å². The number of halogens is 3. The molecule has 0 saturated carbocycles. The fourth-order valence-electron chi connectivity index (χ4n) is 1.45. The largest absolute Gasteiger partial charge is 0.380 e. The van der Waals surface area contributed by atoms with Gasteiger partial charge in [-0.25, -0.2) is 13.2 Å². The minimum absolute atomic E-state index is 0.0981. The summed E-state index contributed by atoms with van der Waals surface area (Å²) in [7, 11) is 1.29. The molecule has 0 bridgehead atoms. The molecule has 0 N–H and O–H groups in total. The van der Waals surface area contributed by atoms with E-state index >= 15 is 0 Å². The van der Waals surface area contributed by atoms with Crippen LogP contribution in [-0.4, -0.2) is 7.11 Å². The van der Waals surface area contributed by atoms with E-state index in [1.54, 1.807) is 6.92 Å². The van der Waals surface area contributed by atoms with Gasteiger partial charge < -0.3 is 4.74 Å². The lowest BCUT2D eigenvalue weighted by atomic mass is 10.0. The highest BCUT2D eigenvalue weighted by molar-refractivity contribution is 5.38. The quantitative estimate of drug-likeness (QED) is 0.707. The molecule has 1 nitrogen and oxygen atoms in total. The van der Waals surface area contributed by atoms with E-state index < -0.39 is 17.5 Å². The molecular formula is C11H12F3O. The standard InChI is InChI=1S/C11H12F3O/c1-4-7-6(2)9(12)11(14)8(5-15-3)10(7)13/h2,4-5H2,1,3H3. The second kappa shape index (κ2) is 4.66. The van der Waals surface area contributed by atoms with Gasteiger partial charge in [-0.2, -0.15) is 0 Å². The van der Waals surface area contributed by atoms with Gasteiger partial charge in [0.2, 0.25) is 0 Å². The minimum atomic E-state index is -1.21. The van der Waals surface area contributed by atoms with Gasteiger partial charge in [-0.15, -0.1) is 0 Å². The Morgan fingerprint density at radius 2 is 1.67 bits per heavy atom. The molecule has 1 radical (unpaired) electrons. The third kappa shape index (κ3) is 2.00. The van der Waals surface area contributed by atoms with Crippen molar-refractivity contribution in [3.05, 3.63) is 41.1 Å². The zero-order chi connectivity index (χ0) is 11.6. The van der Waals surface area contributed by atoms with Gasteiger partial charge in [0.15, 0.2) is 11.6 Å². The zero-order valence-electron chi connectivity index (χ0n) is 8.66. The Morgan fingerprint density at radius 3 is 2.13 bits per heavy atom. The van der Waals surface area contributed by atoms with E-state index in [4.69, 9.17) is 0 Å². The van der Waals surface area contributed by atoms with Crippen molar-refractivity contribution in [1.82, 2.24) is 0 Å². The van der Waals surface area contributed by atoms with E-state index in [2.05, 4.69) is 11.7 Å². The highest BCUT2D eigenvalue weighted by Crippen LogP contribution is 2.25. The number of hydrogen-bond donors (Lipinski definition) is 0. The van der Waals surface area contributed by atoms with E-state index in [1.807, 2.05) is 0 Å². The minimum Gasteiger partial charge on any atom is -0.380 e. The Labute approximate surface area is 86.9 Å². The van der Waals surface area contributed by atoms with Crippen molar-refractivity contribution in [2.45, 2.75) is 20.0 Å². The van der Waals surface area contributed by atoms with Crippen LogP contribution >= 0.6 is 0 Å². The summed E-state index contributed by atoms with van der Waals surface area (Å²) in [5.41, 5.74) is -0.493. The molecule has 0 aromatic heterocycles. The summed E-state index contributed by atoms with van der Waals surface area (Å²) in [4.78, 5) is 0. The topological polar surface area (TPSA) is 9.23 Å². The zero-order valence-corrected chi connectivity index (χ0v) is 8.66. The molecular weight excluding hydrogens is 205 g/mol. The highest BCUT2D eigenvalue weighted by Gasteiger charge is 2.21. The number of methoxy groups -OCH3 is 1. The van der Waals surface area contributed by atoms with Crippen LogP contribution < -0.4 is 0 Å². The maximum absolute atomic E-state index is 13.6. The molecule has 83 valence electrons. The van der Waals surface area contributed by atoms with Gasteiger partial charge >= 0.3 is 0 Å². The van der Waals surface area contributed by atoms with E-state index in [9.17, 15) is 13.2 Å². The smallest absolute Gasteiger partial charge is 0.167 e. The molecule has 1 rings (SSSR count). The molecule has 0 aliphatic heterocycles. The van der Waals surface area contributed by atoms with Gasteiger partial charge in [0, 0.05) is 7.11 Å². The van der Waals surface area contributed by atoms with Crippen molar-refractivity contribution in [2.75, 3.05) is 7.11 Å². The Balaban J connectivity index is 3.45. The van der Waals surface area contributed by atoms with Gasteiger partial charge in [-0.1, -0.05) is 6.92 Å². The van der Waals surface area contributed by atoms with Crippen molar-refractivity contribution in [3.63, 3.8) is 0 Å². The van der Waals surface area contributed by atoms with Crippen molar-refractivity contribution < 1.29 is 17.9 Å². The first-order valence-electron chi connectivity index (χ1n) is 4.53. The third-order valence-corrected chi connectivity index (χ3v) is 2.26. The average Bonchev–Trinajstić information content (AvgIpc) is 2.22. The average molecular weight is 217 g/mol. The predicted octanol–water partition coefficient (Wildman–Crippen LogP) is 2.99. The first-order chi connectivity index (χ1) is 7.04. The third-order valence-electron chi connectivity index (χ3n) is 2.26. The summed E-state index contributed by atoms with van der Waals surface area (Å²) < 4.78 is 44.8. The van der Waals surface area contributed by atoms with Crippen LogP contribution in [0.25, 0.3) is 0 Å². The monoisotopic (exact) mass is 217 g/mol.